The molecule has 1 heterocycles. The lowest BCUT2D eigenvalue weighted by atomic mass is 10.1. The smallest absolute Gasteiger partial charge is 0.242 e. The first kappa shape index (κ1) is 23.4. The molecule has 1 fully saturated rings. The number of hydrogen-bond donors (Lipinski definition) is 3. The van der Waals surface area contributed by atoms with Gasteiger partial charge in [-0.2, -0.15) is 0 Å². The van der Waals surface area contributed by atoms with Crippen molar-refractivity contribution in [3.63, 3.8) is 0 Å². The second-order valence-electron chi connectivity index (χ2n) is 7.71. The van der Waals surface area contributed by atoms with Crippen molar-refractivity contribution in [2.24, 2.45) is 0 Å². The summed E-state index contributed by atoms with van der Waals surface area (Å²) < 4.78 is 0. The minimum absolute atomic E-state index is 0.00921. The van der Waals surface area contributed by atoms with Crippen LogP contribution < -0.4 is 16.0 Å². The van der Waals surface area contributed by atoms with E-state index in [9.17, 15) is 14.4 Å². The van der Waals surface area contributed by atoms with Gasteiger partial charge in [-0.05, 0) is 54.0 Å². The van der Waals surface area contributed by atoms with Crippen molar-refractivity contribution in [3.8, 4) is 0 Å². The Balaban J connectivity index is 2.59. The highest BCUT2D eigenvalue weighted by Gasteiger charge is 2.36. The summed E-state index contributed by atoms with van der Waals surface area (Å²) in [5.74, 6) is -0.106. The summed E-state index contributed by atoms with van der Waals surface area (Å²) in [4.78, 5) is 39.4. The SMILES string of the molecule is CNC(=O)C1CCC(CCN(CC(C)NC(=O)C(C)NC)C(C)C)N1C=O. The van der Waals surface area contributed by atoms with Crippen molar-refractivity contribution < 1.29 is 14.4 Å². The summed E-state index contributed by atoms with van der Waals surface area (Å²) in [6.45, 7) is 9.65. The highest BCUT2D eigenvalue weighted by Crippen LogP contribution is 2.25. The molecule has 8 heteroatoms. The molecule has 3 N–H and O–H groups in total. The van der Waals surface area contributed by atoms with E-state index in [1.807, 2.05) is 13.8 Å². The molecule has 0 bridgehead atoms. The number of likely N-dealkylation sites (tertiary alicyclic amines) is 1. The molecule has 0 aromatic heterocycles. The number of nitrogens with one attached hydrogen (secondary N) is 3. The molecule has 0 aromatic carbocycles. The third-order valence-electron chi connectivity index (χ3n) is 5.43. The molecular formula is C19H37N5O3. The molecule has 156 valence electrons. The van der Waals surface area contributed by atoms with Crippen molar-refractivity contribution >= 4 is 18.2 Å². The number of carbonyl (C=O) groups is 3. The van der Waals surface area contributed by atoms with Gasteiger partial charge in [0.2, 0.25) is 18.2 Å². The average Bonchev–Trinajstić information content (AvgIpc) is 3.06. The number of likely N-dealkylation sites (N-methyl/N-ethyl adjacent to an activating group) is 2. The molecule has 4 atom stereocenters. The molecule has 0 aromatic rings. The zero-order valence-corrected chi connectivity index (χ0v) is 17.6. The molecule has 8 nitrogen and oxygen atoms in total. The number of carbonyl (C=O) groups excluding carboxylic acids is 3. The topological polar surface area (TPSA) is 93.8 Å². The van der Waals surface area contributed by atoms with Crippen molar-refractivity contribution in [2.45, 2.75) is 77.2 Å². The number of hydrogen-bond acceptors (Lipinski definition) is 5. The van der Waals surface area contributed by atoms with E-state index >= 15 is 0 Å². The molecule has 0 aliphatic carbocycles. The second kappa shape index (κ2) is 11.2. The fourth-order valence-electron chi connectivity index (χ4n) is 3.56. The van der Waals surface area contributed by atoms with E-state index in [1.165, 1.54) is 0 Å². The Hall–Kier alpha value is -1.67. The molecule has 1 aliphatic heterocycles. The Bertz CT molecular complexity index is 500. The highest BCUT2D eigenvalue weighted by molar-refractivity contribution is 5.84. The van der Waals surface area contributed by atoms with Gasteiger partial charge >= 0.3 is 0 Å². The second-order valence-corrected chi connectivity index (χ2v) is 7.71. The molecule has 4 unspecified atom stereocenters. The fourth-order valence-corrected chi connectivity index (χ4v) is 3.56. The Morgan fingerprint density at radius 3 is 2.37 bits per heavy atom. The zero-order chi connectivity index (χ0) is 20.6. The van der Waals surface area contributed by atoms with Gasteiger partial charge in [0.15, 0.2) is 0 Å². The van der Waals surface area contributed by atoms with Crippen LogP contribution in [0.5, 0.6) is 0 Å². The molecule has 0 saturated carbocycles. The van der Waals surface area contributed by atoms with Gasteiger partial charge < -0.3 is 20.9 Å². The van der Waals surface area contributed by atoms with Crippen molar-refractivity contribution in [1.29, 1.82) is 0 Å². The van der Waals surface area contributed by atoms with Crippen LogP contribution in [-0.4, -0.2) is 85.4 Å². The van der Waals surface area contributed by atoms with Crippen LogP contribution in [0.4, 0.5) is 0 Å². The van der Waals surface area contributed by atoms with Crippen LogP contribution in [0.2, 0.25) is 0 Å². The van der Waals surface area contributed by atoms with Gasteiger partial charge in [-0.15, -0.1) is 0 Å². The van der Waals surface area contributed by atoms with Gasteiger partial charge in [-0.1, -0.05) is 0 Å². The molecule has 0 radical (unpaired) electrons. The van der Waals surface area contributed by atoms with E-state index in [4.69, 9.17) is 0 Å². The van der Waals surface area contributed by atoms with E-state index < -0.39 is 0 Å². The Labute approximate surface area is 163 Å². The summed E-state index contributed by atoms with van der Waals surface area (Å²) in [7, 11) is 3.37. The van der Waals surface area contributed by atoms with Gasteiger partial charge in [0.25, 0.3) is 0 Å². The van der Waals surface area contributed by atoms with Crippen LogP contribution in [0.25, 0.3) is 0 Å². The van der Waals surface area contributed by atoms with Crippen LogP contribution in [0.15, 0.2) is 0 Å². The van der Waals surface area contributed by atoms with Crippen LogP contribution in [0.3, 0.4) is 0 Å². The van der Waals surface area contributed by atoms with Crippen molar-refractivity contribution in [3.05, 3.63) is 0 Å². The van der Waals surface area contributed by atoms with E-state index in [2.05, 4.69) is 34.7 Å². The van der Waals surface area contributed by atoms with E-state index in [1.54, 1.807) is 19.0 Å². The van der Waals surface area contributed by atoms with Crippen molar-refractivity contribution in [1.82, 2.24) is 25.8 Å². The average molecular weight is 384 g/mol. The summed E-state index contributed by atoms with van der Waals surface area (Å²) >= 11 is 0. The zero-order valence-electron chi connectivity index (χ0n) is 17.6. The molecule has 0 spiro atoms. The first-order chi connectivity index (χ1) is 12.7. The largest absolute Gasteiger partial charge is 0.357 e. The van der Waals surface area contributed by atoms with E-state index in [-0.39, 0.29) is 36.0 Å². The van der Waals surface area contributed by atoms with Crippen LogP contribution in [0, 0.1) is 0 Å². The Kier molecular flexibility index (Phi) is 9.73. The third kappa shape index (κ3) is 6.77. The summed E-state index contributed by atoms with van der Waals surface area (Å²) in [6, 6.07) is -0.139. The molecule has 1 rings (SSSR count). The molecule has 27 heavy (non-hydrogen) atoms. The standard InChI is InChI=1S/C19H37N5O3/c1-13(2)23(11-14(3)22-18(26)15(4)20-5)10-9-16-7-8-17(19(27)21-6)24(16)12-25/h12-17,20H,7-11H2,1-6H3,(H,21,27)(H,22,26). The number of rotatable bonds is 11. The highest BCUT2D eigenvalue weighted by atomic mass is 16.2. The normalized spacial score (nSPS) is 22.0. The van der Waals surface area contributed by atoms with E-state index in [0.29, 0.717) is 12.5 Å². The summed E-state index contributed by atoms with van der Waals surface area (Å²) in [6.07, 6.45) is 3.17. The molecule has 3 amide bonds. The van der Waals surface area contributed by atoms with Crippen LogP contribution in [-0.2, 0) is 14.4 Å². The summed E-state index contributed by atoms with van der Waals surface area (Å²) in [5.41, 5.74) is 0. The minimum Gasteiger partial charge on any atom is -0.357 e. The summed E-state index contributed by atoms with van der Waals surface area (Å²) in [5, 5.41) is 8.61. The lowest BCUT2D eigenvalue weighted by Crippen LogP contribution is -2.50. The van der Waals surface area contributed by atoms with Crippen molar-refractivity contribution in [2.75, 3.05) is 27.2 Å². The Morgan fingerprint density at radius 2 is 1.85 bits per heavy atom. The van der Waals surface area contributed by atoms with E-state index in [0.717, 1.165) is 32.3 Å². The number of nitrogens with zero attached hydrogens (tertiary/aromatic N) is 2. The van der Waals surface area contributed by atoms with Gasteiger partial charge in [0.05, 0.1) is 6.04 Å². The fraction of sp³-hybridized carbons (Fsp3) is 0.842. The maximum absolute atomic E-state index is 12.0. The van der Waals surface area contributed by atoms with Crippen LogP contribution in [0.1, 0.15) is 47.0 Å². The quantitative estimate of drug-likeness (QED) is 0.435. The maximum atomic E-state index is 12.0. The predicted octanol–water partition coefficient (Wildman–Crippen LogP) is -0.0651. The number of amides is 3. The van der Waals surface area contributed by atoms with Gasteiger partial charge in [-0.3, -0.25) is 19.3 Å². The maximum Gasteiger partial charge on any atom is 0.242 e. The lowest BCUT2D eigenvalue weighted by molar-refractivity contribution is -0.132. The van der Waals surface area contributed by atoms with Gasteiger partial charge in [0.1, 0.15) is 6.04 Å². The first-order valence-corrected chi connectivity index (χ1v) is 9.91. The van der Waals surface area contributed by atoms with Gasteiger partial charge in [0, 0.05) is 38.3 Å². The third-order valence-corrected chi connectivity index (χ3v) is 5.43. The lowest BCUT2D eigenvalue weighted by Gasteiger charge is -2.32. The minimum atomic E-state index is -0.355. The molecule has 1 saturated heterocycles. The van der Waals surface area contributed by atoms with Crippen LogP contribution >= 0.6 is 0 Å². The molecule has 1 aliphatic rings. The first-order valence-electron chi connectivity index (χ1n) is 9.91. The molecular weight excluding hydrogens is 346 g/mol. The predicted molar refractivity (Wildman–Crippen MR) is 106 cm³/mol. The Morgan fingerprint density at radius 1 is 1.19 bits per heavy atom. The van der Waals surface area contributed by atoms with Gasteiger partial charge in [-0.25, -0.2) is 0 Å². The monoisotopic (exact) mass is 383 g/mol.